The number of imidazole rings is 1. The van der Waals surface area contributed by atoms with Crippen molar-refractivity contribution in [3.8, 4) is 0 Å². The summed E-state index contributed by atoms with van der Waals surface area (Å²) < 4.78 is 2.14. The summed E-state index contributed by atoms with van der Waals surface area (Å²) in [6, 6.07) is 10.3. The van der Waals surface area contributed by atoms with Crippen molar-refractivity contribution in [3.05, 3.63) is 53.6 Å². The van der Waals surface area contributed by atoms with Crippen molar-refractivity contribution in [2.75, 3.05) is 0 Å². The molecule has 0 aliphatic carbocycles. The van der Waals surface area contributed by atoms with E-state index in [1.165, 1.54) is 11.3 Å². The fourth-order valence-corrected chi connectivity index (χ4v) is 1.68. The van der Waals surface area contributed by atoms with Crippen LogP contribution in [0, 0.1) is 6.92 Å². The first-order valence-corrected chi connectivity index (χ1v) is 5.56. The third-order valence-corrected chi connectivity index (χ3v) is 2.71. The molecule has 16 heavy (non-hydrogen) atoms. The molecule has 0 aliphatic heterocycles. The fraction of sp³-hybridized carbons (Fsp3) is 0.214. The fourth-order valence-electron chi connectivity index (χ4n) is 1.68. The van der Waals surface area contributed by atoms with Gasteiger partial charge in [0, 0.05) is 12.2 Å². The molecule has 2 nitrogen and oxygen atoms in total. The van der Waals surface area contributed by atoms with Crippen molar-refractivity contribution >= 4 is 12.2 Å². The van der Waals surface area contributed by atoms with Crippen LogP contribution < -0.4 is 0 Å². The molecular weight excluding hydrogens is 196 g/mol. The second-order valence-electron chi connectivity index (χ2n) is 3.75. The lowest BCUT2D eigenvalue weighted by Crippen LogP contribution is -1.94. The first kappa shape index (κ1) is 10.7. The zero-order valence-electron chi connectivity index (χ0n) is 9.72. The number of hydrogen-bond acceptors (Lipinski definition) is 1. The minimum absolute atomic E-state index is 0.970. The van der Waals surface area contributed by atoms with Crippen molar-refractivity contribution in [1.29, 1.82) is 0 Å². The average molecular weight is 212 g/mol. The normalized spacial score (nSPS) is 11.1. The lowest BCUT2D eigenvalue weighted by molar-refractivity contribution is 0.737. The Labute approximate surface area is 96.3 Å². The van der Waals surface area contributed by atoms with Gasteiger partial charge in [0.05, 0.1) is 12.0 Å². The van der Waals surface area contributed by atoms with Crippen molar-refractivity contribution in [3.63, 3.8) is 0 Å². The zero-order valence-corrected chi connectivity index (χ0v) is 9.72. The van der Waals surface area contributed by atoms with Crippen molar-refractivity contribution in [2.45, 2.75) is 20.4 Å². The van der Waals surface area contributed by atoms with Gasteiger partial charge < -0.3 is 4.57 Å². The first-order valence-electron chi connectivity index (χ1n) is 5.56. The molecule has 0 atom stereocenters. The van der Waals surface area contributed by atoms with Crippen LogP contribution >= 0.6 is 0 Å². The van der Waals surface area contributed by atoms with Gasteiger partial charge in [-0.3, -0.25) is 0 Å². The predicted octanol–water partition coefficient (Wildman–Crippen LogP) is 3.38. The molecule has 0 unspecified atom stereocenters. The maximum Gasteiger partial charge on any atom is 0.0955 e. The third kappa shape index (κ3) is 2.22. The number of aromatic nitrogens is 2. The van der Waals surface area contributed by atoms with E-state index in [1.807, 2.05) is 24.5 Å². The zero-order chi connectivity index (χ0) is 11.4. The Balaban J connectivity index is 2.21. The maximum atomic E-state index is 4.38. The predicted molar refractivity (Wildman–Crippen MR) is 68.0 cm³/mol. The van der Waals surface area contributed by atoms with E-state index >= 15 is 0 Å². The highest BCUT2D eigenvalue weighted by molar-refractivity contribution is 5.68. The molecule has 2 aromatic rings. The smallest absolute Gasteiger partial charge is 0.0955 e. The highest BCUT2D eigenvalue weighted by Gasteiger charge is 2.00. The summed E-state index contributed by atoms with van der Waals surface area (Å²) >= 11 is 0. The van der Waals surface area contributed by atoms with Gasteiger partial charge in [0.2, 0.25) is 0 Å². The topological polar surface area (TPSA) is 17.8 Å². The Hall–Kier alpha value is -1.83. The Morgan fingerprint density at radius 3 is 2.56 bits per heavy atom. The van der Waals surface area contributed by atoms with Gasteiger partial charge in [0.25, 0.3) is 0 Å². The van der Waals surface area contributed by atoms with Crippen LogP contribution in [0.3, 0.4) is 0 Å². The Morgan fingerprint density at radius 1 is 1.19 bits per heavy atom. The van der Waals surface area contributed by atoms with E-state index in [2.05, 4.69) is 47.7 Å². The largest absolute Gasteiger partial charge is 0.335 e. The van der Waals surface area contributed by atoms with E-state index in [4.69, 9.17) is 0 Å². The van der Waals surface area contributed by atoms with E-state index < -0.39 is 0 Å². The van der Waals surface area contributed by atoms with Gasteiger partial charge >= 0.3 is 0 Å². The molecule has 0 saturated heterocycles. The summed E-state index contributed by atoms with van der Waals surface area (Å²) in [5, 5.41) is 0. The molecule has 2 rings (SSSR count). The van der Waals surface area contributed by atoms with Gasteiger partial charge in [0.1, 0.15) is 0 Å². The summed E-state index contributed by atoms with van der Waals surface area (Å²) in [5.74, 6) is 0. The molecule has 2 heteroatoms. The van der Waals surface area contributed by atoms with Gasteiger partial charge in [-0.15, -0.1) is 0 Å². The highest BCUT2D eigenvalue weighted by atomic mass is 15.0. The Morgan fingerprint density at radius 2 is 1.94 bits per heavy atom. The van der Waals surface area contributed by atoms with Crippen LogP contribution in [0.25, 0.3) is 12.2 Å². The molecule has 0 fully saturated rings. The Bertz CT molecular complexity index is 481. The second kappa shape index (κ2) is 4.79. The van der Waals surface area contributed by atoms with Gasteiger partial charge in [-0.05, 0) is 25.5 Å². The lowest BCUT2D eigenvalue weighted by atomic mass is 10.2. The molecule has 0 spiro atoms. The van der Waals surface area contributed by atoms with Gasteiger partial charge in [-0.2, -0.15) is 0 Å². The molecular formula is C14H16N2. The number of benzene rings is 1. The quantitative estimate of drug-likeness (QED) is 0.762. The number of aryl methyl sites for hydroxylation is 1. The molecule has 0 radical (unpaired) electrons. The summed E-state index contributed by atoms with van der Waals surface area (Å²) in [5.41, 5.74) is 3.47. The summed E-state index contributed by atoms with van der Waals surface area (Å²) in [6.45, 7) is 5.19. The van der Waals surface area contributed by atoms with E-state index in [0.717, 1.165) is 12.2 Å². The van der Waals surface area contributed by atoms with Crippen LogP contribution in [0.15, 0.2) is 36.7 Å². The molecule has 1 aromatic carbocycles. The minimum Gasteiger partial charge on any atom is -0.335 e. The van der Waals surface area contributed by atoms with Crippen molar-refractivity contribution in [2.24, 2.45) is 0 Å². The molecule has 0 amide bonds. The summed E-state index contributed by atoms with van der Waals surface area (Å²) in [7, 11) is 0. The Kier molecular flexibility index (Phi) is 3.20. The van der Waals surface area contributed by atoms with Crippen LogP contribution in [0.1, 0.15) is 23.9 Å². The molecule has 1 aromatic heterocycles. The molecule has 1 heterocycles. The van der Waals surface area contributed by atoms with E-state index in [0.29, 0.717) is 0 Å². The molecule has 0 saturated carbocycles. The van der Waals surface area contributed by atoms with E-state index in [9.17, 15) is 0 Å². The lowest BCUT2D eigenvalue weighted by Gasteiger charge is -1.98. The van der Waals surface area contributed by atoms with Crippen LogP contribution in [0.5, 0.6) is 0 Å². The molecule has 0 aliphatic rings. The van der Waals surface area contributed by atoms with Crippen molar-refractivity contribution < 1.29 is 0 Å². The maximum absolute atomic E-state index is 4.38. The summed E-state index contributed by atoms with van der Waals surface area (Å²) in [4.78, 5) is 4.38. The highest BCUT2D eigenvalue weighted by Crippen LogP contribution is 2.10. The standard InChI is InChI=1S/C14H16N2/c1-3-16-11-15-14(12(16)2)10-9-13-7-5-4-6-8-13/h4-11H,3H2,1-2H3/b10-9+. The average Bonchev–Trinajstić information content (AvgIpc) is 2.69. The summed E-state index contributed by atoms with van der Waals surface area (Å²) in [6.07, 6.45) is 6.05. The monoisotopic (exact) mass is 212 g/mol. The molecule has 0 N–H and O–H groups in total. The van der Waals surface area contributed by atoms with Gasteiger partial charge in [0.15, 0.2) is 0 Å². The van der Waals surface area contributed by atoms with E-state index in [-0.39, 0.29) is 0 Å². The van der Waals surface area contributed by atoms with Crippen molar-refractivity contribution in [1.82, 2.24) is 9.55 Å². The number of nitrogens with zero attached hydrogens (tertiary/aromatic N) is 2. The molecule has 82 valence electrons. The van der Waals surface area contributed by atoms with Crippen LogP contribution in [-0.4, -0.2) is 9.55 Å². The van der Waals surface area contributed by atoms with Crippen LogP contribution in [0.4, 0.5) is 0 Å². The second-order valence-corrected chi connectivity index (χ2v) is 3.75. The van der Waals surface area contributed by atoms with Gasteiger partial charge in [-0.25, -0.2) is 4.98 Å². The van der Waals surface area contributed by atoms with E-state index in [1.54, 1.807) is 0 Å². The number of rotatable bonds is 3. The SMILES string of the molecule is CCn1cnc(/C=C/c2ccccc2)c1C. The third-order valence-electron chi connectivity index (χ3n) is 2.71. The van der Waals surface area contributed by atoms with Crippen LogP contribution in [0.2, 0.25) is 0 Å². The van der Waals surface area contributed by atoms with Gasteiger partial charge in [-0.1, -0.05) is 36.4 Å². The number of hydrogen-bond donors (Lipinski definition) is 0. The first-order chi connectivity index (χ1) is 7.81. The molecule has 0 bridgehead atoms. The minimum atomic E-state index is 0.970. The van der Waals surface area contributed by atoms with Crippen LogP contribution in [-0.2, 0) is 6.54 Å².